The average molecular weight is 164 g/mol. The van der Waals surface area contributed by atoms with E-state index < -0.39 is 0 Å². The summed E-state index contributed by atoms with van der Waals surface area (Å²) in [5.74, 6) is 2.52. The number of hydrogen-bond donors (Lipinski definition) is 1. The van der Waals surface area contributed by atoms with Crippen molar-refractivity contribution in [3.63, 3.8) is 0 Å². The number of terminal acetylenes is 1. The number of aromatic nitrogens is 3. The van der Waals surface area contributed by atoms with Gasteiger partial charge in [-0.3, -0.25) is 4.68 Å². The van der Waals surface area contributed by atoms with Crippen LogP contribution in [0.3, 0.4) is 0 Å². The van der Waals surface area contributed by atoms with Gasteiger partial charge in [0, 0.05) is 12.7 Å². The molecule has 0 aliphatic heterocycles. The van der Waals surface area contributed by atoms with Gasteiger partial charge >= 0.3 is 0 Å². The SMILES string of the molecule is C#CCNCCCn1ccnn1. The summed E-state index contributed by atoms with van der Waals surface area (Å²) in [7, 11) is 0. The molecule has 4 heteroatoms. The van der Waals surface area contributed by atoms with Gasteiger partial charge in [-0.2, -0.15) is 0 Å². The van der Waals surface area contributed by atoms with Crippen LogP contribution in [0.25, 0.3) is 0 Å². The molecule has 0 amide bonds. The fourth-order valence-electron chi connectivity index (χ4n) is 0.879. The fraction of sp³-hybridized carbons (Fsp3) is 0.500. The monoisotopic (exact) mass is 164 g/mol. The second-order valence-electron chi connectivity index (χ2n) is 2.40. The molecule has 0 bridgehead atoms. The maximum absolute atomic E-state index is 5.07. The van der Waals surface area contributed by atoms with E-state index in [2.05, 4.69) is 21.5 Å². The van der Waals surface area contributed by atoms with Gasteiger partial charge in [-0.15, -0.1) is 11.5 Å². The zero-order valence-corrected chi connectivity index (χ0v) is 6.90. The molecule has 0 saturated heterocycles. The van der Waals surface area contributed by atoms with Crippen LogP contribution < -0.4 is 5.32 Å². The molecule has 0 spiro atoms. The van der Waals surface area contributed by atoms with Crippen molar-refractivity contribution in [2.75, 3.05) is 13.1 Å². The fourth-order valence-corrected chi connectivity index (χ4v) is 0.879. The number of hydrogen-bond acceptors (Lipinski definition) is 3. The second-order valence-corrected chi connectivity index (χ2v) is 2.40. The normalized spacial score (nSPS) is 9.58. The summed E-state index contributed by atoms with van der Waals surface area (Å²) < 4.78 is 1.80. The van der Waals surface area contributed by atoms with Crippen LogP contribution in [0.15, 0.2) is 12.4 Å². The van der Waals surface area contributed by atoms with Crippen molar-refractivity contribution in [1.82, 2.24) is 20.3 Å². The zero-order chi connectivity index (χ0) is 8.65. The molecule has 0 unspecified atom stereocenters. The van der Waals surface area contributed by atoms with Crippen molar-refractivity contribution < 1.29 is 0 Å². The lowest BCUT2D eigenvalue weighted by Crippen LogP contribution is -2.17. The average Bonchev–Trinajstić information content (AvgIpc) is 2.57. The maximum Gasteiger partial charge on any atom is 0.0692 e. The molecule has 1 aromatic heterocycles. The van der Waals surface area contributed by atoms with Gasteiger partial charge in [-0.25, -0.2) is 0 Å². The molecule has 64 valence electrons. The van der Waals surface area contributed by atoms with E-state index in [0.717, 1.165) is 19.5 Å². The van der Waals surface area contributed by atoms with Crippen LogP contribution in [0.4, 0.5) is 0 Å². The summed E-state index contributed by atoms with van der Waals surface area (Å²) in [6.07, 6.45) is 9.61. The van der Waals surface area contributed by atoms with Crippen LogP contribution in [-0.4, -0.2) is 28.1 Å². The van der Waals surface area contributed by atoms with E-state index in [1.807, 2.05) is 6.20 Å². The highest BCUT2D eigenvalue weighted by Crippen LogP contribution is 1.84. The van der Waals surface area contributed by atoms with Gasteiger partial charge in [0.05, 0.1) is 12.7 Å². The van der Waals surface area contributed by atoms with E-state index in [4.69, 9.17) is 6.42 Å². The lowest BCUT2D eigenvalue weighted by molar-refractivity contribution is 0.541. The highest BCUT2D eigenvalue weighted by atomic mass is 15.4. The molecule has 0 aliphatic rings. The van der Waals surface area contributed by atoms with Crippen LogP contribution in [-0.2, 0) is 6.54 Å². The lowest BCUT2D eigenvalue weighted by atomic mass is 10.4. The Kier molecular flexibility index (Phi) is 3.89. The largest absolute Gasteiger partial charge is 0.306 e. The second kappa shape index (κ2) is 5.33. The van der Waals surface area contributed by atoms with E-state index in [-0.39, 0.29) is 0 Å². The molecule has 1 aromatic rings. The molecule has 0 saturated carbocycles. The number of rotatable bonds is 5. The van der Waals surface area contributed by atoms with Crippen molar-refractivity contribution >= 4 is 0 Å². The summed E-state index contributed by atoms with van der Waals surface area (Å²) in [5.41, 5.74) is 0. The number of aryl methyl sites for hydroxylation is 1. The Morgan fingerprint density at radius 1 is 1.58 bits per heavy atom. The van der Waals surface area contributed by atoms with Gasteiger partial charge in [0.1, 0.15) is 0 Å². The summed E-state index contributed by atoms with van der Waals surface area (Å²) in [4.78, 5) is 0. The van der Waals surface area contributed by atoms with Gasteiger partial charge in [0.15, 0.2) is 0 Å². The highest BCUT2D eigenvalue weighted by Gasteiger charge is 1.89. The van der Waals surface area contributed by atoms with Crippen LogP contribution >= 0.6 is 0 Å². The summed E-state index contributed by atoms with van der Waals surface area (Å²) in [6, 6.07) is 0. The highest BCUT2D eigenvalue weighted by molar-refractivity contribution is 4.86. The first-order valence-corrected chi connectivity index (χ1v) is 3.92. The molecule has 1 rings (SSSR count). The van der Waals surface area contributed by atoms with E-state index in [9.17, 15) is 0 Å². The molecule has 1 N–H and O–H groups in total. The molecule has 0 fully saturated rings. The Labute approximate surface area is 72.0 Å². The zero-order valence-electron chi connectivity index (χ0n) is 6.90. The third kappa shape index (κ3) is 3.17. The first kappa shape index (κ1) is 8.75. The first-order chi connectivity index (χ1) is 5.93. The van der Waals surface area contributed by atoms with Crippen molar-refractivity contribution in [3.05, 3.63) is 12.4 Å². The Hall–Kier alpha value is -1.34. The predicted molar refractivity (Wildman–Crippen MR) is 46.3 cm³/mol. The van der Waals surface area contributed by atoms with Gasteiger partial charge < -0.3 is 5.32 Å². The standard InChI is InChI=1S/C8H12N4/c1-2-4-9-5-3-7-12-8-6-10-11-12/h1,6,8-9H,3-5,7H2. The van der Waals surface area contributed by atoms with Crippen LogP contribution in [0.1, 0.15) is 6.42 Å². The summed E-state index contributed by atoms with van der Waals surface area (Å²) in [5, 5.41) is 10.6. The van der Waals surface area contributed by atoms with Crippen molar-refractivity contribution in [3.8, 4) is 12.3 Å². The molecule has 12 heavy (non-hydrogen) atoms. The molecule has 0 radical (unpaired) electrons. The van der Waals surface area contributed by atoms with Gasteiger partial charge in [0.25, 0.3) is 0 Å². The smallest absolute Gasteiger partial charge is 0.0692 e. The number of nitrogens with one attached hydrogen (secondary N) is 1. The summed E-state index contributed by atoms with van der Waals surface area (Å²) in [6.45, 7) is 2.44. The third-order valence-corrected chi connectivity index (χ3v) is 1.44. The lowest BCUT2D eigenvalue weighted by Gasteiger charge is -2.00. The molecule has 0 atom stereocenters. The Balaban J connectivity index is 2.01. The van der Waals surface area contributed by atoms with Crippen LogP contribution in [0, 0.1) is 12.3 Å². The summed E-state index contributed by atoms with van der Waals surface area (Å²) >= 11 is 0. The topological polar surface area (TPSA) is 42.7 Å². The van der Waals surface area contributed by atoms with Crippen molar-refractivity contribution in [1.29, 1.82) is 0 Å². The van der Waals surface area contributed by atoms with E-state index in [1.54, 1.807) is 10.9 Å². The number of nitrogens with zero attached hydrogens (tertiary/aromatic N) is 3. The van der Waals surface area contributed by atoms with Gasteiger partial charge in [-0.05, 0) is 13.0 Å². The van der Waals surface area contributed by atoms with E-state index in [0.29, 0.717) is 6.54 Å². The maximum atomic E-state index is 5.07. The minimum atomic E-state index is 0.636. The van der Waals surface area contributed by atoms with Crippen LogP contribution in [0.2, 0.25) is 0 Å². The Morgan fingerprint density at radius 3 is 3.17 bits per heavy atom. The molecular weight excluding hydrogens is 152 g/mol. The molecule has 4 nitrogen and oxygen atoms in total. The van der Waals surface area contributed by atoms with Crippen LogP contribution in [0.5, 0.6) is 0 Å². The molecule has 0 aliphatic carbocycles. The molecule has 0 aromatic carbocycles. The minimum absolute atomic E-state index is 0.636. The first-order valence-electron chi connectivity index (χ1n) is 3.92. The minimum Gasteiger partial charge on any atom is -0.306 e. The third-order valence-electron chi connectivity index (χ3n) is 1.44. The quantitative estimate of drug-likeness (QED) is 0.488. The van der Waals surface area contributed by atoms with E-state index >= 15 is 0 Å². The van der Waals surface area contributed by atoms with Crippen molar-refractivity contribution in [2.24, 2.45) is 0 Å². The molecular formula is C8H12N4. The van der Waals surface area contributed by atoms with Gasteiger partial charge in [-0.1, -0.05) is 11.1 Å². The predicted octanol–water partition coefficient (Wildman–Crippen LogP) is -0.109. The van der Waals surface area contributed by atoms with Crippen molar-refractivity contribution in [2.45, 2.75) is 13.0 Å². The molecule has 1 heterocycles. The Morgan fingerprint density at radius 2 is 2.50 bits per heavy atom. The van der Waals surface area contributed by atoms with Gasteiger partial charge in [0.2, 0.25) is 0 Å². The van der Waals surface area contributed by atoms with E-state index in [1.165, 1.54) is 0 Å². The Bertz CT molecular complexity index is 234.